The number of aryl methyl sites for hydroxylation is 2. The quantitative estimate of drug-likeness (QED) is 0.747. The van der Waals surface area contributed by atoms with Gasteiger partial charge < -0.3 is 5.32 Å². The summed E-state index contributed by atoms with van der Waals surface area (Å²) < 4.78 is 0. The smallest absolute Gasteiger partial charge is 0.221 e. The fraction of sp³-hybridized carbons (Fsp3) is 0.462. The molecule has 1 amide bonds. The van der Waals surface area contributed by atoms with Crippen LogP contribution in [0.1, 0.15) is 36.5 Å². The summed E-state index contributed by atoms with van der Waals surface area (Å²) in [6, 6.07) is 4.32. The fourth-order valence-corrected chi connectivity index (χ4v) is 2.33. The second kappa shape index (κ2) is 4.05. The zero-order valence-corrected chi connectivity index (χ0v) is 9.39. The lowest BCUT2D eigenvalue weighted by Crippen LogP contribution is -2.12. The Kier molecular flexibility index (Phi) is 2.76. The van der Waals surface area contributed by atoms with E-state index in [0.29, 0.717) is 0 Å². The van der Waals surface area contributed by atoms with Crippen LogP contribution in [0.3, 0.4) is 0 Å². The molecule has 1 aliphatic carbocycles. The Bertz CT molecular complexity index is 396. The van der Waals surface area contributed by atoms with E-state index in [1.165, 1.54) is 29.5 Å². The summed E-state index contributed by atoms with van der Waals surface area (Å²) in [5, 5.41) is 2.93. The lowest BCUT2D eigenvalue weighted by atomic mass is 9.89. The SMILES string of the molecule is CC(=O)Nc1cc(C)cc2c1CCCC2. The molecular weight excluding hydrogens is 186 g/mol. The second-order valence-corrected chi connectivity index (χ2v) is 4.34. The minimum Gasteiger partial charge on any atom is -0.326 e. The predicted molar refractivity (Wildman–Crippen MR) is 62.1 cm³/mol. The Balaban J connectivity index is 2.43. The number of hydrogen-bond donors (Lipinski definition) is 1. The van der Waals surface area contributed by atoms with E-state index in [2.05, 4.69) is 24.4 Å². The van der Waals surface area contributed by atoms with Crippen molar-refractivity contribution in [1.82, 2.24) is 0 Å². The van der Waals surface area contributed by atoms with Crippen LogP contribution in [0.4, 0.5) is 5.69 Å². The molecule has 0 atom stereocenters. The number of amides is 1. The molecule has 2 rings (SSSR count). The number of fused-ring (bicyclic) bond motifs is 1. The van der Waals surface area contributed by atoms with Crippen molar-refractivity contribution in [1.29, 1.82) is 0 Å². The lowest BCUT2D eigenvalue weighted by Gasteiger charge is -2.20. The van der Waals surface area contributed by atoms with Crippen molar-refractivity contribution in [2.24, 2.45) is 0 Å². The molecule has 0 fully saturated rings. The van der Waals surface area contributed by atoms with Gasteiger partial charge in [-0.15, -0.1) is 0 Å². The molecule has 1 aliphatic rings. The summed E-state index contributed by atoms with van der Waals surface area (Å²) in [6.07, 6.45) is 4.77. The number of carbonyl (C=O) groups is 1. The number of carbonyl (C=O) groups excluding carboxylic acids is 1. The van der Waals surface area contributed by atoms with E-state index >= 15 is 0 Å². The van der Waals surface area contributed by atoms with Crippen molar-refractivity contribution in [2.45, 2.75) is 39.5 Å². The summed E-state index contributed by atoms with van der Waals surface area (Å²) in [4.78, 5) is 11.1. The number of rotatable bonds is 1. The zero-order chi connectivity index (χ0) is 10.8. The van der Waals surface area contributed by atoms with Crippen molar-refractivity contribution < 1.29 is 4.79 Å². The first kappa shape index (κ1) is 10.2. The third-order valence-corrected chi connectivity index (χ3v) is 2.92. The van der Waals surface area contributed by atoms with Gasteiger partial charge in [-0.25, -0.2) is 0 Å². The van der Waals surface area contributed by atoms with Gasteiger partial charge in [-0.3, -0.25) is 4.79 Å². The van der Waals surface area contributed by atoms with E-state index in [4.69, 9.17) is 0 Å². The highest BCUT2D eigenvalue weighted by Crippen LogP contribution is 2.29. The highest BCUT2D eigenvalue weighted by molar-refractivity contribution is 5.90. The summed E-state index contributed by atoms with van der Waals surface area (Å²) >= 11 is 0. The van der Waals surface area contributed by atoms with E-state index < -0.39 is 0 Å². The molecule has 2 nitrogen and oxygen atoms in total. The van der Waals surface area contributed by atoms with Crippen LogP contribution in [-0.2, 0) is 17.6 Å². The average molecular weight is 203 g/mol. The van der Waals surface area contributed by atoms with Crippen LogP contribution in [0.25, 0.3) is 0 Å². The molecule has 0 saturated carbocycles. The minimum atomic E-state index is 0.0216. The Morgan fingerprint density at radius 2 is 2.00 bits per heavy atom. The van der Waals surface area contributed by atoms with Crippen LogP contribution < -0.4 is 5.32 Å². The molecule has 1 aromatic rings. The van der Waals surface area contributed by atoms with Crippen LogP contribution in [0.15, 0.2) is 12.1 Å². The Hall–Kier alpha value is -1.31. The van der Waals surface area contributed by atoms with E-state index in [1.54, 1.807) is 6.92 Å². The first-order valence-electron chi connectivity index (χ1n) is 5.57. The third-order valence-electron chi connectivity index (χ3n) is 2.92. The molecule has 1 aromatic carbocycles. The normalized spacial score (nSPS) is 14.5. The molecule has 0 saturated heterocycles. The molecular formula is C13H17NO. The van der Waals surface area contributed by atoms with Gasteiger partial charge in [0.2, 0.25) is 5.91 Å². The highest BCUT2D eigenvalue weighted by Gasteiger charge is 2.14. The number of hydrogen-bond acceptors (Lipinski definition) is 1. The van der Waals surface area contributed by atoms with Gasteiger partial charge in [0.25, 0.3) is 0 Å². The van der Waals surface area contributed by atoms with Gasteiger partial charge in [-0.05, 0) is 55.4 Å². The van der Waals surface area contributed by atoms with Gasteiger partial charge in [0, 0.05) is 12.6 Å². The second-order valence-electron chi connectivity index (χ2n) is 4.34. The van der Waals surface area contributed by atoms with Crippen LogP contribution in [0, 0.1) is 6.92 Å². The first-order valence-corrected chi connectivity index (χ1v) is 5.57. The molecule has 2 heteroatoms. The summed E-state index contributed by atoms with van der Waals surface area (Å²) in [7, 11) is 0. The van der Waals surface area contributed by atoms with E-state index in [9.17, 15) is 4.79 Å². The summed E-state index contributed by atoms with van der Waals surface area (Å²) in [5.74, 6) is 0.0216. The number of nitrogens with one attached hydrogen (secondary N) is 1. The van der Waals surface area contributed by atoms with Crippen LogP contribution in [-0.4, -0.2) is 5.91 Å². The standard InChI is InChI=1S/C13H17NO/c1-9-7-11-5-3-4-6-12(11)13(8-9)14-10(2)15/h7-8H,3-6H2,1-2H3,(H,14,15). The molecule has 0 aliphatic heterocycles. The maximum atomic E-state index is 11.1. The maximum Gasteiger partial charge on any atom is 0.221 e. The molecule has 0 unspecified atom stereocenters. The molecule has 0 heterocycles. The molecule has 0 radical (unpaired) electrons. The van der Waals surface area contributed by atoms with Crippen molar-refractivity contribution in [3.05, 3.63) is 28.8 Å². The summed E-state index contributed by atoms with van der Waals surface area (Å²) in [6.45, 7) is 3.65. The van der Waals surface area contributed by atoms with Gasteiger partial charge in [0.15, 0.2) is 0 Å². The molecule has 0 aromatic heterocycles. The van der Waals surface area contributed by atoms with Crippen LogP contribution in [0.5, 0.6) is 0 Å². The van der Waals surface area contributed by atoms with E-state index in [-0.39, 0.29) is 5.91 Å². The molecule has 1 N–H and O–H groups in total. The number of benzene rings is 1. The van der Waals surface area contributed by atoms with Gasteiger partial charge in [-0.1, -0.05) is 6.07 Å². The lowest BCUT2D eigenvalue weighted by molar-refractivity contribution is -0.114. The van der Waals surface area contributed by atoms with Crippen LogP contribution in [0.2, 0.25) is 0 Å². The molecule has 0 spiro atoms. The van der Waals surface area contributed by atoms with Gasteiger partial charge in [0.05, 0.1) is 0 Å². The maximum absolute atomic E-state index is 11.1. The van der Waals surface area contributed by atoms with E-state index in [1.807, 2.05) is 0 Å². The molecule has 15 heavy (non-hydrogen) atoms. The van der Waals surface area contributed by atoms with Crippen LogP contribution >= 0.6 is 0 Å². The number of anilines is 1. The van der Waals surface area contributed by atoms with Gasteiger partial charge in [0.1, 0.15) is 0 Å². The van der Waals surface area contributed by atoms with Crippen molar-refractivity contribution in [2.75, 3.05) is 5.32 Å². The predicted octanol–water partition coefficient (Wildman–Crippen LogP) is 2.83. The van der Waals surface area contributed by atoms with Gasteiger partial charge >= 0.3 is 0 Å². The highest BCUT2D eigenvalue weighted by atomic mass is 16.1. The van der Waals surface area contributed by atoms with Gasteiger partial charge in [-0.2, -0.15) is 0 Å². The van der Waals surface area contributed by atoms with E-state index in [0.717, 1.165) is 18.5 Å². The molecule has 0 bridgehead atoms. The monoisotopic (exact) mass is 203 g/mol. The summed E-state index contributed by atoms with van der Waals surface area (Å²) in [5.41, 5.74) is 5.03. The van der Waals surface area contributed by atoms with Crippen molar-refractivity contribution in [3.8, 4) is 0 Å². The molecule has 80 valence electrons. The van der Waals surface area contributed by atoms with Crippen molar-refractivity contribution in [3.63, 3.8) is 0 Å². The Morgan fingerprint density at radius 1 is 1.27 bits per heavy atom. The fourth-order valence-electron chi connectivity index (χ4n) is 2.33. The largest absolute Gasteiger partial charge is 0.326 e. The third kappa shape index (κ3) is 2.20. The first-order chi connectivity index (χ1) is 7.16. The Labute approximate surface area is 90.7 Å². The Morgan fingerprint density at radius 3 is 2.73 bits per heavy atom. The minimum absolute atomic E-state index is 0.0216. The zero-order valence-electron chi connectivity index (χ0n) is 9.39. The topological polar surface area (TPSA) is 29.1 Å². The average Bonchev–Trinajstić information content (AvgIpc) is 2.16. The van der Waals surface area contributed by atoms with Crippen molar-refractivity contribution >= 4 is 11.6 Å².